The lowest BCUT2D eigenvalue weighted by molar-refractivity contribution is 0.607. The maximum atomic E-state index is 5.70. The number of fused-ring (bicyclic) bond motifs is 2. The monoisotopic (exact) mass is 317 g/mol. The molecule has 0 fully saturated rings. The van der Waals surface area contributed by atoms with Crippen molar-refractivity contribution in [1.82, 2.24) is 4.98 Å². The first kappa shape index (κ1) is 15.1. The van der Waals surface area contributed by atoms with E-state index in [1.54, 1.807) is 6.26 Å². The van der Waals surface area contributed by atoms with Crippen LogP contribution in [-0.2, 0) is 0 Å². The minimum atomic E-state index is 0.425. The molecule has 2 heteroatoms. The maximum absolute atomic E-state index is 5.70. The van der Waals surface area contributed by atoms with Gasteiger partial charge in [0, 0.05) is 22.0 Å². The molecule has 24 heavy (non-hydrogen) atoms. The third-order valence-electron chi connectivity index (χ3n) is 4.82. The van der Waals surface area contributed by atoms with Crippen LogP contribution in [0.5, 0.6) is 0 Å². The molecule has 0 saturated carbocycles. The number of hydrogen-bond donors (Lipinski definition) is 1. The Labute approximate surface area is 142 Å². The first-order valence-electron chi connectivity index (χ1n) is 8.67. The van der Waals surface area contributed by atoms with Crippen LogP contribution in [0.4, 0.5) is 0 Å². The van der Waals surface area contributed by atoms with Crippen LogP contribution < -0.4 is 0 Å². The van der Waals surface area contributed by atoms with Gasteiger partial charge in [0.2, 0.25) is 0 Å². The SMILES string of the molecule is CC(C)c1cccc2cc(-c3cc(C(C)C)c4occc4c3)[nH]c12. The zero-order chi connectivity index (χ0) is 16.8. The summed E-state index contributed by atoms with van der Waals surface area (Å²) in [6, 6.07) is 15.3. The fourth-order valence-electron chi connectivity index (χ4n) is 3.51. The molecule has 0 spiro atoms. The van der Waals surface area contributed by atoms with Gasteiger partial charge in [-0.3, -0.25) is 0 Å². The molecule has 0 aliphatic heterocycles. The van der Waals surface area contributed by atoms with Gasteiger partial charge in [-0.15, -0.1) is 0 Å². The molecule has 0 amide bonds. The van der Waals surface area contributed by atoms with E-state index in [2.05, 4.69) is 69.1 Å². The lowest BCUT2D eigenvalue weighted by Crippen LogP contribution is -1.90. The average molecular weight is 317 g/mol. The Morgan fingerprint density at radius 1 is 0.833 bits per heavy atom. The molecule has 4 aromatic rings. The number of rotatable bonds is 3. The van der Waals surface area contributed by atoms with E-state index in [0.717, 1.165) is 5.58 Å². The number of nitrogens with one attached hydrogen (secondary N) is 1. The molecule has 0 aliphatic carbocycles. The number of hydrogen-bond acceptors (Lipinski definition) is 1. The summed E-state index contributed by atoms with van der Waals surface area (Å²) in [7, 11) is 0. The van der Waals surface area contributed by atoms with E-state index in [4.69, 9.17) is 4.42 Å². The molecule has 122 valence electrons. The van der Waals surface area contributed by atoms with Crippen molar-refractivity contribution in [2.24, 2.45) is 0 Å². The normalized spacial score (nSPS) is 12.1. The van der Waals surface area contributed by atoms with Crippen molar-refractivity contribution in [3.05, 3.63) is 59.9 Å². The van der Waals surface area contributed by atoms with Gasteiger partial charge in [-0.2, -0.15) is 0 Å². The number of furan rings is 1. The predicted octanol–water partition coefficient (Wildman–Crippen LogP) is 6.83. The maximum Gasteiger partial charge on any atom is 0.137 e. The van der Waals surface area contributed by atoms with Crippen molar-refractivity contribution in [3.8, 4) is 11.3 Å². The lowest BCUT2D eigenvalue weighted by atomic mass is 9.97. The highest BCUT2D eigenvalue weighted by molar-refractivity contribution is 5.92. The van der Waals surface area contributed by atoms with Gasteiger partial charge >= 0.3 is 0 Å². The molecule has 2 aromatic carbocycles. The first-order chi connectivity index (χ1) is 11.5. The molecular formula is C22H23NO. The quantitative estimate of drug-likeness (QED) is 0.441. The van der Waals surface area contributed by atoms with E-state index in [1.807, 2.05) is 6.07 Å². The minimum absolute atomic E-state index is 0.425. The Hall–Kier alpha value is -2.48. The number of para-hydroxylation sites is 1. The molecule has 0 unspecified atom stereocenters. The number of aromatic amines is 1. The Morgan fingerprint density at radius 2 is 1.62 bits per heavy atom. The molecule has 2 heterocycles. The van der Waals surface area contributed by atoms with Crippen LogP contribution in [0.3, 0.4) is 0 Å². The molecule has 4 rings (SSSR count). The summed E-state index contributed by atoms with van der Waals surface area (Å²) >= 11 is 0. The highest BCUT2D eigenvalue weighted by atomic mass is 16.3. The van der Waals surface area contributed by atoms with Crippen LogP contribution in [0.1, 0.15) is 50.7 Å². The van der Waals surface area contributed by atoms with Gasteiger partial charge < -0.3 is 9.40 Å². The van der Waals surface area contributed by atoms with Crippen LogP contribution in [0.25, 0.3) is 33.1 Å². The van der Waals surface area contributed by atoms with Gasteiger partial charge in [0.25, 0.3) is 0 Å². The van der Waals surface area contributed by atoms with Crippen LogP contribution in [0, 0.1) is 0 Å². The summed E-state index contributed by atoms with van der Waals surface area (Å²) in [5, 5.41) is 2.44. The predicted molar refractivity (Wildman–Crippen MR) is 102 cm³/mol. The molecule has 0 saturated heterocycles. The summed E-state index contributed by atoms with van der Waals surface area (Å²) in [6.07, 6.45) is 1.78. The minimum Gasteiger partial charge on any atom is -0.464 e. The van der Waals surface area contributed by atoms with Crippen molar-refractivity contribution in [1.29, 1.82) is 0 Å². The first-order valence-corrected chi connectivity index (χ1v) is 8.67. The zero-order valence-corrected chi connectivity index (χ0v) is 14.7. The summed E-state index contributed by atoms with van der Waals surface area (Å²) < 4.78 is 5.70. The fraction of sp³-hybridized carbons (Fsp3) is 0.273. The van der Waals surface area contributed by atoms with Gasteiger partial charge in [-0.25, -0.2) is 0 Å². The van der Waals surface area contributed by atoms with E-state index >= 15 is 0 Å². The zero-order valence-electron chi connectivity index (χ0n) is 14.7. The Bertz CT molecular complexity index is 1020. The van der Waals surface area contributed by atoms with Crippen LogP contribution in [-0.4, -0.2) is 4.98 Å². The molecule has 1 N–H and O–H groups in total. The van der Waals surface area contributed by atoms with Crippen molar-refractivity contribution >= 4 is 21.9 Å². The largest absolute Gasteiger partial charge is 0.464 e. The summed E-state index contributed by atoms with van der Waals surface area (Å²) in [6.45, 7) is 8.90. The van der Waals surface area contributed by atoms with E-state index in [1.165, 1.54) is 38.7 Å². The molecule has 0 aliphatic rings. The smallest absolute Gasteiger partial charge is 0.137 e. The van der Waals surface area contributed by atoms with Gasteiger partial charge in [-0.1, -0.05) is 45.9 Å². The number of H-pyrrole nitrogens is 1. The van der Waals surface area contributed by atoms with Gasteiger partial charge in [0.1, 0.15) is 5.58 Å². The molecule has 2 aromatic heterocycles. The summed E-state index contributed by atoms with van der Waals surface area (Å²) in [5.74, 6) is 0.928. The van der Waals surface area contributed by atoms with Crippen molar-refractivity contribution in [2.75, 3.05) is 0 Å². The van der Waals surface area contributed by atoms with Gasteiger partial charge in [0.15, 0.2) is 0 Å². The van der Waals surface area contributed by atoms with Crippen LogP contribution >= 0.6 is 0 Å². The number of benzene rings is 2. The van der Waals surface area contributed by atoms with E-state index in [0.29, 0.717) is 11.8 Å². The topological polar surface area (TPSA) is 28.9 Å². The van der Waals surface area contributed by atoms with E-state index < -0.39 is 0 Å². The number of aromatic nitrogens is 1. The standard InChI is InChI=1S/C22H23NO/c1-13(2)18-7-5-6-15-12-20(23-21(15)18)17-10-16-8-9-24-22(16)19(11-17)14(3)4/h5-14,23H,1-4H3. The van der Waals surface area contributed by atoms with Crippen molar-refractivity contribution in [3.63, 3.8) is 0 Å². The average Bonchev–Trinajstić information content (AvgIpc) is 3.19. The Kier molecular flexibility index (Phi) is 3.49. The molecule has 2 nitrogen and oxygen atoms in total. The van der Waals surface area contributed by atoms with Crippen molar-refractivity contribution < 1.29 is 4.42 Å². The second-order valence-corrected chi connectivity index (χ2v) is 7.21. The Morgan fingerprint density at radius 3 is 2.38 bits per heavy atom. The van der Waals surface area contributed by atoms with E-state index in [-0.39, 0.29) is 0 Å². The van der Waals surface area contributed by atoms with Crippen LogP contribution in [0.15, 0.2) is 53.1 Å². The third kappa shape index (κ3) is 2.34. The molecule has 0 radical (unpaired) electrons. The fourth-order valence-corrected chi connectivity index (χ4v) is 3.51. The lowest BCUT2D eigenvalue weighted by Gasteiger charge is -2.09. The summed E-state index contributed by atoms with van der Waals surface area (Å²) in [4.78, 5) is 3.65. The molecule has 0 bridgehead atoms. The van der Waals surface area contributed by atoms with E-state index in [9.17, 15) is 0 Å². The highest BCUT2D eigenvalue weighted by Gasteiger charge is 2.14. The highest BCUT2D eigenvalue weighted by Crippen LogP contribution is 2.34. The molecule has 0 atom stereocenters. The van der Waals surface area contributed by atoms with Crippen molar-refractivity contribution in [2.45, 2.75) is 39.5 Å². The van der Waals surface area contributed by atoms with Gasteiger partial charge in [0.05, 0.1) is 6.26 Å². The van der Waals surface area contributed by atoms with Gasteiger partial charge in [-0.05, 0) is 52.8 Å². The van der Waals surface area contributed by atoms with Crippen LogP contribution in [0.2, 0.25) is 0 Å². The molecular weight excluding hydrogens is 294 g/mol. The Balaban J connectivity index is 1.94. The second-order valence-electron chi connectivity index (χ2n) is 7.21. The second kappa shape index (κ2) is 5.55. The summed E-state index contributed by atoms with van der Waals surface area (Å²) in [5.41, 5.74) is 7.28. The third-order valence-corrected chi connectivity index (χ3v) is 4.82.